The first-order valence-corrected chi connectivity index (χ1v) is 10.2. The molecular formula is C17H26N2O4S. The number of hydrogen-bond acceptors (Lipinski definition) is 4. The van der Waals surface area contributed by atoms with Crippen LogP contribution in [0.4, 0.5) is 4.79 Å². The molecule has 24 heavy (non-hydrogen) atoms. The van der Waals surface area contributed by atoms with Crippen LogP contribution in [0.3, 0.4) is 0 Å². The van der Waals surface area contributed by atoms with Crippen molar-refractivity contribution in [1.29, 1.82) is 0 Å². The third-order valence-electron chi connectivity index (χ3n) is 4.53. The number of amides is 1. The molecule has 6 nitrogen and oxygen atoms in total. The number of piperidine rings is 1. The van der Waals surface area contributed by atoms with Crippen molar-refractivity contribution in [2.24, 2.45) is 5.92 Å². The molecule has 1 aliphatic rings. The first-order chi connectivity index (χ1) is 11.4. The van der Waals surface area contributed by atoms with Gasteiger partial charge in [-0.05, 0) is 55.8 Å². The Labute approximate surface area is 143 Å². The van der Waals surface area contributed by atoms with E-state index in [-0.39, 0.29) is 0 Å². The summed E-state index contributed by atoms with van der Waals surface area (Å²) in [6, 6.07) is 6.96. The van der Waals surface area contributed by atoms with Crippen LogP contribution in [0.15, 0.2) is 29.2 Å². The Morgan fingerprint density at radius 2 is 1.88 bits per heavy atom. The quantitative estimate of drug-likeness (QED) is 0.734. The number of nitrogens with zero attached hydrogens (tertiary/aromatic N) is 1. The molecule has 1 heterocycles. The highest BCUT2D eigenvalue weighted by Gasteiger charge is 2.21. The fraction of sp³-hybridized carbons (Fsp3) is 0.588. The topological polar surface area (TPSA) is 86.7 Å². The normalized spacial score (nSPS) is 16.3. The minimum atomic E-state index is -3.13. The molecule has 0 unspecified atom stereocenters. The van der Waals surface area contributed by atoms with Crippen molar-refractivity contribution in [2.75, 3.05) is 25.9 Å². The number of benzene rings is 1. The van der Waals surface area contributed by atoms with Crippen molar-refractivity contribution in [2.45, 2.75) is 37.1 Å². The summed E-state index contributed by atoms with van der Waals surface area (Å²) in [5.74, 6) is 0.622. The summed E-state index contributed by atoms with van der Waals surface area (Å²) < 4.78 is 22.8. The van der Waals surface area contributed by atoms with E-state index in [0.29, 0.717) is 23.9 Å². The molecule has 1 fully saturated rings. The predicted molar refractivity (Wildman–Crippen MR) is 92.8 cm³/mol. The lowest BCUT2D eigenvalue weighted by molar-refractivity contribution is 0.123. The van der Waals surface area contributed by atoms with Crippen molar-refractivity contribution in [3.8, 4) is 0 Å². The Balaban J connectivity index is 1.61. The lowest BCUT2D eigenvalue weighted by Gasteiger charge is -2.29. The summed E-state index contributed by atoms with van der Waals surface area (Å²) in [6.07, 6.45) is 4.50. The van der Waals surface area contributed by atoms with Crippen molar-refractivity contribution >= 4 is 15.9 Å². The van der Waals surface area contributed by atoms with Crippen molar-refractivity contribution in [3.05, 3.63) is 29.8 Å². The number of rotatable bonds is 7. The van der Waals surface area contributed by atoms with E-state index in [1.165, 1.54) is 11.2 Å². The molecule has 0 spiro atoms. The summed E-state index contributed by atoms with van der Waals surface area (Å²) in [4.78, 5) is 12.7. The zero-order valence-corrected chi connectivity index (χ0v) is 14.9. The van der Waals surface area contributed by atoms with Gasteiger partial charge in [0.25, 0.3) is 0 Å². The first-order valence-electron chi connectivity index (χ1n) is 8.34. The summed E-state index contributed by atoms with van der Waals surface area (Å²) in [7, 11) is -3.13. The highest BCUT2D eigenvalue weighted by atomic mass is 32.2. The van der Waals surface area contributed by atoms with Gasteiger partial charge in [-0.2, -0.15) is 0 Å². The maximum absolute atomic E-state index is 11.4. The second kappa shape index (κ2) is 8.48. The fourth-order valence-corrected chi connectivity index (χ4v) is 3.65. The molecule has 0 bridgehead atoms. The van der Waals surface area contributed by atoms with Gasteiger partial charge >= 0.3 is 6.09 Å². The zero-order chi connectivity index (χ0) is 17.6. The van der Waals surface area contributed by atoms with Gasteiger partial charge in [-0.25, -0.2) is 13.2 Å². The number of sulfone groups is 1. The molecule has 2 rings (SSSR count). The predicted octanol–water partition coefficient (Wildman–Crippen LogP) is 2.35. The van der Waals surface area contributed by atoms with Gasteiger partial charge in [-0.3, -0.25) is 0 Å². The molecule has 1 amide bonds. The summed E-state index contributed by atoms with van der Waals surface area (Å²) in [6.45, 7) is 2.94. The van der Waals surface area contributed by atoms with E-state index in [1.54, 1.807) is 12.1 Å². The van der Waals surface area contributed by atoms with E-state index < -0.39 is 15.9 Å². The Bertz CT molecular complexity index is 635. The van der Waals surface area contributed by atoms with E-state index in [4.69, 9.17) is 5.11 Å². The molecule has 0 aliphatic carbocycles. The van der Waals surface area contributed by atoms with Crippen LogP contribution >= 0.6 is 0 Å². The number of carboxylic acid groups (broad SMARTS) is 1. The molecule has 0 radical (unpaired) electrons. The standard InChI is InChI=1S/C17H26N2O4S/c1-24(22,23)16-6-4-15(5-7-16)13-18-10-2-3-14-8-11-19(12-9-14)17(20)21/h4-7,14,18H,2-3,8-13H2,1H3,(H,20,21). The van der Waals surface area contributed by atoms with Gasteiger partial charge in [0.1, 0.15) is 0 Å². The van der Waals surface area contributed by atoms with E-state index in [9.17, 15) is 13.2 Å². The lowest BCUT2D eigenvalue weighted by atomic mass is 9.92. The fourth-order valence-electron chi connectivity index (χ4n) is 3.02. The second-order valence-electron chi connectivity index (χ2n) is 6.45. The van der Waals surface area contributed by atoms with E-state index in [2.05, 4.69) is 5.32 Å². The average molecular weight is 354 g/mol. The van der Waals surface area contributed by atoms with Crippen molar-refractivity contribution in [1.82, 2.24) is 10.2 Å². The number of likely N-dealkylation sites (tertiary alicyclic amines) is 1. The van der Waals surface area contributed by atoms with Crippen LogP contribution in [-0.2, 0) is 16.4 Å². The van der Waals surface area contributed by atoms with E-state index in [0.717, 1.165) is 44.3 Å². The van der Waals surface area contributed by atoms with Gasteiger partial charge in [0.15, 0.2) is 9.84 Å². The molecule has 0 saturated carbocycles. The van der Waals surface area contributed by atoms with Gasteiger partial charge < -0.3 is 15.3 Å². The Kier molecular flexibility index (Phi) is 6.62. The monoisotopic (exact) mass is 354 g/mol. The van der Waals surface area contributed by atoms with Gasteiger partial charge in [-0.1, -0.05) is 12.1 Å². The molecule has 1 aromatic rings. The van der Waals surface area contributed by atoms with Crippen LogP contribution < -0.4 is 5.32 Å². The SMILES string of the molecule is CS(=O)(=O)c1ccc(CNCCCC2CCN(C(=O)O)CC2)cc1. The smallest absolute Gasteiger partial charge is 0.407 e. The molecule has 0 aromatic heterocycles. The minimum Gasteiger partial charge on any atom is -0.465 e. The van der Waals surface area contributed by atoms with Gasteiger partial charge in [-0.15, -0.1) is 0 Å². The van der Waals surface area contributed by atoms with Crippen LogP contribution in [0, 0.1) is 5.92 Å². The minimum absolute atomic E-state index is 0.346. The molecule has 134 valence electrons. The molecular weight excluding hydrogens is 328 g/mol. The second-order valence-corrected chi connectivity index (χ2v) is 8.46. The van der Waals surface area contributed by atoms with Crippen LogP contribution in [-0.4, -0.2) is 50.4 Å². The van der Waals surface area contributed by atoms with Crippen LogP contribution in [0.25, 0.3) is 0 Å². The molecule has 2 N–H and O–H groups in total. The third kappa shape index (κ3) is 5.79. The first kappa shape index (κ1) is 18.7. The zero-order valence-electron chi connectivity index (χ0n) is 14.1. The molecule has 1 aliphatic heterocycles. The third-order valence-corrected chi connectivity index (χ3v) is 5.66. The van der Waals surface area contributed by atoms with Gasteiger partial charge in [0.2, 0.25) is 0 Å². The maximum atomic E-state index is 11.4. The number of hydrogen-bond donors (Lipinski definition) is 2. The number of carbonyl (C=O) groups is 1. The van der Waals surface area contributed by atoms with Crippen LogP contribution in [0.5, 0.6) is 0 Å². The molecule has 1 aromatic carbocycles. The lowest BCUT2D eigenvalue weighted by Crippen LogP contribution is -2.37. The summed E-state index contributed by atoms with van der Waals surface area (Å²) in [5, 5.41) is 12.3. The molecule has 0 atom stereocenters. The Morgan fingerprint density at radius 3 is 2.42 bits per heavy atom. The van der Waals surface area contributed by atoms with Crippen LogP contribution in [0.2, 0.25) is 0 Å². The van der Waals surface area contributed by atoms with E-state index in [1.807, 2.05) is 12.1 Å². The Hall–Kier alpha value is -1.60. The largest absolute Gasteiger partial charge is 0.465 e. The van der Waals surface area contributed by atoms with Crippen molar-refractivity contribution < 1.29 is 18.3 Å². The Morgan fingerprint density at radius 1 is 1.25 bits per heavy atom. The summed E-state index contributed by atoms with van der Waals surface area (Å²) in [5.41, 5.74) is 1.07. The summed E-state index contributed by atoms with van der Waals surface area (Å²) >= 11 is 0. The van der Waals surface area contributed by atoms with Crippen LogP contribution in [0.1, 0.15) is 31.2 Å². The molecule has 7 heteroatoms. The molecule has 1 saturated heterocycles. The number of nitrogens with one attached hydrogen (secondary N) is 1. The van der Waals surface area contributed by atoms with Gasteiger partial charge in [0, 0.05) is 25.9 Å². The van der Waals surface area contributed by atoms with Crippen molar-refractivity contribution in [3.63, 3.8) is 0 Å². The highest BCUT2D eigenvalue weighted by Crippen LogP contribution is 2.21. The maximum Gasteiger partial charge on any atom is 0.407 e. The highest BCUT2D eigenvalue weighted by molar-refractivity contribution is 7.90. The van der Waals surface area contributed by atoms with Gasteiger partial charge in [0.05, 0.1) is 4.90 Å². The average Bonchev–Trinajstić information content (AvgIpc) is 2.54. The van der Waals surface area contributed by atoms with E-state index >= 15 is 0 Å².